The van der Waals surface area contributed by atoms with Gasteiger partial charge in [-0.2, -0.15) is 0 Å². The van der Waals surface area contributed by atoms with Crippen LogP contribution in [0.2, 0.25) is 0 Å². The molecule has 4 N–H and O–H groups in total. The molecule has 2 atom stereocenters. The summed E-state index contributed by atoms with van der Waals surface area (Å²) in [6.07, 6.45) is -1.25. The number of hydrogen-bond donors (Lipinski definition) is 4. The summed E-state index contributed by atoms with van der Waals surface area (Å²) in [5.74, 6) is -2.15. The second-order valence-corrected chi connectivity index (χ2v) is 8.58. The van der Waals surface area contributed by atoms with E-state index < -0.39 is 36.0 Å². The number of amides is 2. The highest BCUT2D eigenvalue weighted by Gasteiger charge is 2.31. The number of carbonyl (C=O) groups excluding carboxylic acids is 2. The molecule has 0 saturated carbocycles. The van der Waals surface area contributed by atoms with Crippen LogP contribution in [0.5, 0.6) is 0 Å². The molecule has 34 heavy (non-hydrogen) atoms. The molecule has 0 aromatic heterocycles. The van der Waals surface area contributed by atoms with Gasteiger partial charge in [0, 0.05) is 32.6 Å². The van der Waals surface area contributed by atoms with E-state index in [1.165, 1.54) is 14.0 Å². The van der Waals surface area contributed by atoms with Crippen molar-refractivity contribution in [3.8, 4) is 11.1 Å². The monoisotopic (exact) mass is 470 g/mol. The van der Waals surface area contributed by atoms with E-state index in [0.717, 1.165) is 22.3 Å². The van der Waals surface area contributed by atoms with E-state index in [1.807, 2.05) is 48.5 Å². The number of alkyl carbamates (subject to hydrolysis) is 1. The van der Waals surface area contributed by atoms with E-state index in [1.54, 1.807) is 0 Å². The van der Waals surface area contributed by atoms with Crippen molar-refractivity contribution in [2.45, 2.75) is 37.3 Å². The fourth-order valence-electron chi connectivity index (χ4n) is 3.98. The lowest BCUT2D eigenvalue weighted by molar-refractivity contribution is -0.140. The molecule has 3 rings (SSSR count). The van der Waals surface area contributed by atoms with Crippen LogP contribution < -0.4 is 10.6 Å². The van der Waals surface area contributed by atoms with Gasteiger partial charge in [-0.05, 0) is 29.2 Å². The normalized spacial score (nSPS) is 14.9. The molecule has 9 nitrogen and oxygen atoms in total. The minimum absolute atomic E-state index is 0.0347. The number of ether oxygens (including phenoxy) is 2. The first-order valence-electron chi connectivity index (χ1n) is 11.0. The molecule has 2 unspecified atom stereocenters. The van der Waals surface area contributed by atoms with Gasteiger partial charge in [0.2, 0.25) is 5.91 Å². The van der Waals surface area contributed by atoms with Gasteiger partial charge in [0.05, 0.1) is 12.0 Å². The Morgan fingerprint density at radius 2 is 1.65 bits per heavy atom. The zero-order chi connectivity index (χ0) is 24.7. The first-order chi connectivity index (χ1) is 16.2. The lowest BCUT2D eigenvalue weighted by atomic mass is 9.98. The summed E-state index contributed by atoms with van der Waals surface area (Å²) in [6.45, 7) is 1.72. The number of carbonyl (C=O) groups is 3. The number of aliphatic carboxylic acids is 1. The van der Waals surface area contributed by atoms with E-state index in [4.69, 9.17) is 9.47 Å². The first kappa shape index (κ1) is 25.2. The summed E-state index contributed by atoms with van der Waals surface area (Å²) in [6, 6.07) is 14.4. The number of methoxy groups -OCH3 is 1. The highest BCUT2D eigenvalue weighted by Crippen LogP contribution is 2.44. The Hall–Kier alpha value is -3.43. The minimum atomic E-state index is -1.36. The van der Waals surface area contributed by atoms with E-state index in [9.17, 15) is 24.6 Å². The third-order valence-corrected chi connectivity index (χ3v) is 5.82. The largest absolute Gasteiger partial charge is 0.481 e. The number of aliphatic hydroxyl groups is 1. The molecule has 1 aliphatic carbocycles. The molecule has 1 aliphatic rings. The smallest absolute Gasteiger partial charge is 0.407 e. The average Bonchev–Trinajstić information content (AvgIpc) is 3.13. The molecule has 0 spiro atoms. The molecule has 9 heteroatoms. The quantitative estimate of drug-likeness (QED) is 0.396. The third-order valence-electron chi connectivity index (χ3n) is 5.82. The molecular weight excluding hydrogens is 440 g/mol. The van der Waals surface area contributed by atoms with Crippen molar-refractivity contribution in [3.63, 3.8) is 0 Å². The highest BCUT2D eigenvalue weighted by molar-refractivity contribution is 5.89. The van der Waals surface area contributed by atoms with Crippen LogP contribution in [0.1, 0.15) is 36.8 Å². The Morgan fingerprint density at radius 3 is 2.21 bits per heavy atom. The summed E-state index contributed by atoms with van der Waals surface area (Å²) < 4.78 is 10.3. The maximum Gasteiger partial charge on any atom is 0.407 e. The molecular formula is C25H30N2O7. The lowest BCUT2D eigenvalue weighted by Crippen LogP contribution is -2.51. The van der Waals surface area contributed by atoms with Crippen LogP contribution in [-0.4, -0.2) is 66.7 Å². The van der Waals surface area contributed by atoms with Crippen molar-refractivity contribution in [1.29, 1.82) is 0 Å². The van der Waals surface area contributed by atoms with Gasteiger partial charge >= 0.3 is 12.1 Å². The number of rotatable bonds is 11. The molecule has 0 aliphatic heterocycles. The van der Waals surface area contributed by atoms with Crippen molar-refractivity contribution in [3.05, 3.63) is 59.7 Å². The number of fused-ring (bicyclic) bond motifs is 3. The Balaban J connectivity index is 1.61. The van der Waals surface area contributed by atoms with Crippen LogP contribution in [-0.2, 0) is 19.1 Å². The second-order valence-electron chi connectivity index (χ2n) is 8.58. The van der Waals surface area contributed by atoms with Crippen molar-refractivity contribution >= 4 is 18.0 Å². The maximum atomic E-state index is 12.5. The Kier molecular flexibility index (Phi) is 8.25. The van der Waals surface area contributed by atoms with Crippen LogP contribution in [0, 0.1) is 0 Å². The topological polar surface area (TPSA) is 134 Å². The highest BCUT2D eigenvalue weighted by atomic mass is 16.5. The summed E-state index contributed by atoms with van der Waals surface area (Å²) in [7, 11) is 1.50. The van der Waals surface area contributed by atoms with E-state index in [0.29, 0.717) is 6.61 Å². The SMILES string of the molecule is COCCC(C)(O)CNC(=O)C(CC(=O)O)NC(=O)OCC1c2ccccc2-c2ccccc21. The standard InChI is InChI=1S/C25H30N2O7/c1-25(32,11-12-33-2)15-26-23(30)21(13-22(28)29)27-24(31)34-14-20-18-9-5-3-7-16(18)17-8-4-6-10-19(17)20/h3-10,20-21,32H,11-15H2,1-2H3,(H,26,30)(H,27,31)(H,28,29). The molecule has 0 bridgehead atoms. The van der Waals surface area contributed by atoms with Crippen LogP contribution in [0.25, 0.3) is 11.1 Å². The molecule has 0 saturated heterocycles. The van der Waals surface area contributed by atoms with Crippen molar-refractivity contribution in [2.24, 2.45) is 0 Å². The van der Waals surface area contributed by atoms with Crippen molar-refractivity contribution in [1.82, 2.24) is 10.6 Å². The minimum Gasteiger partial charge on any atom is -0.481 e. The third kappa shape index (κ3) is 6.33. The molecule has 2 aromatic rings. The fourth-order valence-corrected chi connectivity index (χ4v) is 3.98. The van der Waals surface area contributed by atoms with Crippen LogP contribution >= 0.6 is 0 Å². The fraction of sp³-hybridized carbons (Fsp3) is 0.400. The van der Waals surface area contributed by atoms with Gasteiger partial charge in [-0.1, -0.05) is 48.5 Å². The van der Waals surface area contributed by atoms with Gasteiger partial charge in [-0.3, -0.25) is 9.59 Å². The summed E-state index contributed by atoms with van der Waals surface area (Å²) in [4.78, 5) is 36.3. The van der Waals surface area contributed by atoms with Gasteiger partial charge in [-0.25, -0.2) is 4.79 Å². The van der Waals surface area contributed by atoms with Gasteiger partial charge < -0.3 is 30.3 Å². The van der Waals surface area contributed by atoms with E-state index >= 15 is 0 Å². The number of nitrogens with one attached hydrogen (secondary N) is 2. The van der Waals surface area contributed by atoms with Crippen LogP contribution in [0.3, 0.4) is 0 Å². The Morgan fingerprint density at radius 1 is 1.06 bits per heavy atom. The Bertz CT molecular complexity index is 992. The maximum absolute atomic E-state index is 12.5. The molecule has 2 aromatic carbocycles. The second kappa shape index (κ2) is 11.1. The first-order valence-corrected chi connectivity index (χ1v) is 11.0. The zero-order valence-corrected chi connectivity index (χ0v) is 19.2. The van der Waals surface area contributed by atoms with Crippen molar-refractivity contribution in [2.75, 3.05) is 26.9 Å². The lowest BCUT2D eigenvalue weighted by Gasteiger charge is -2.25. The number of hydrogen-bond acceptors (Lipinski definition) is 6. The number of carboxylic acid groups (broad SMARTS) is 1. The van der Waals surface area contributed by atoms with E-state index in [-0.39, 0.29) is 25.5 Å². The molecule has 182 valence electrons. The molecule has 0 fully saturated rings. The van der Waals surface area contributed by atoms with Gasteiger partial charge in [-0.15, -0.1) is 0 Å². The van der Waals surface area contributed by atoms with Crippen molar-refractivity contribution < 1.29 is 34.1 Å². The molecule has 0 heterocycles. The number of benzene rings is 2. The van der Waals surface area contributed by atoms with Gasteiger partial charge in [0.25, 0.3) is 0 Å². The number of carboxylic acids is 1. The average molecular weight is 471 g/mol. The summed E-state index contributed by atoms with van der Waals surface area (Å²) in [5.41, 5.74) is 2.99. The summed E-state index contributed by atoms with van der Waals surface area (Å²) >= 11 is 0. The predicted octanol–water partition coefficient (Wildman–Crippen LogP) is 2.27. The van der Waals surface area contributed by atoms with Crippen LogP contribution in [0.4, 0.5) is 4.79 Å². The van der Waals surface area contributed by atoms with Gasteiger partial charge in [0.15, 0.2) is 0 Å². The Labute approximate surface area is 198 Å². The molecule has 2 amide bonds. The zero-order valence-electron chi connectivity index (χ0n) is 19.2. The molecule has 0 radical (unpaired) electrons. The van der Waals surface area contributed by atoms with Gasteiger partial charge in [0.1, 0.15) is 12.6 Å². The summed E-state index contributed by atoms with van der Waals surface area (Å²) in [5, 5.41) is 24.3. The predicted molar refractivity (Wildman–Crippen MR) is 124 cm³/mol. The van der Waals surface area contributed by atoms with E-state index in [2.05, 4.69) is 10.6 Å². The van der Waals surface area contributed by atoms with Crippen LogP contribution in [0.15, 0.2) is 48.5 Å².